The van der Waals surface area contributed by atoms with Crippen LogP contribution >= 0.6 is 7.82 Å². The highest BCUT2D eigenvalue weighted by Crippen LogP contribution is 2.80. The topological polar surface area (TPSA) is 159 Å². The number of sulfone groups is 1. The third-order valence-corrected chi connectivity index (χ3v) is 9.14. The molecule has 0 saturated carbocycles. The van der Waals surface area contributed by atoms with Crippen molar-refractivity contribution in [3.05, 3.63) is 52.5 Å². The molecule has 0 aliphatic carbocycles. The zero-order chi connectivity index (χ0) is 25.3. The van der Waals surface area contributed by atoms with Gasteiger partial charge in [-0.15, -0.1) is 0 Å². The minimum atomic E-state index is -4.53. The summed E-state index contributed by atoms with van der Waals surface area (Å²) in [6, 6.07) is 4.18. The van der Waals surface area contributed by atoms with Crippen LogP contribution in [0.3, 0.4) is 0 Å². The zero-order valence-electron chi connectivity index (χ0n) is 17.6. The number of phosphoric ester groups is 1. The molecule has 2 atom stereocenters. The third-order valence-electron chi connectivity index (χ3n) is 5.74. The number of hydrogen-bond donors (Lipinski definition) is 2. The van der Waals surface area contributed by atoms with E-state index in [9.17, 15) is 27.0 Å². The molecule has 5 rings (SSSR count). The Hall–Kier alpha value is -2.68. The lowest BCUT2D eigenvalue weighted by molar-refractivity contribution is -0.221. The van der Waals surface area contributed by atoms with Gasteiger partial charge in [0.2, 0.25) is 11.0 Å². The summed E-state index contributed by atoms with van der Waals surface area (Å²) in [6.07, 6.45) is -0.901. The molecule has 4 heterocycles. The summed E-state index contributed by atoms with van der Waals surface area (Å²) in [5.41, 5.74) is -0.640. The lowest BCUT2D eigenvalue weighted by Gasteiger charge is -2.45. The van der Waals surface area contributed by atoms with Crippen LogP contribution in [0.5, 0.6) is 5.75 Å². The van der Waals surface area contributed by atoms with E-state index in [0.29, 0.717) is 23.1 Å². The molecule has 184 valence electrons. The van der Waals surface area contributed by atoms with E-state index in [4.69, 9.17) is 23.5 Å². The fraction of sp³-hybridized carbons (Fsp3) is 0.333. The highest BCUT2D eigenvalue weighted by atomic mass is 32.2. The molecule has 3 saturated heterocycles. The summed E-state index contributed by atoms with van der Waals surface area (Å²) in [5, 5.41) is 9.11. The molecule has 34 heavy (non-hydrogen) atoms. The van der Waals surface area contributed by atoms with Gasteiger partial charge < -0.3 is 4.74 Å². The van der Waals surface area contributed by atoms with Gasteiger partial charge in [-0.1, -0.05) is 0 Å². The average Bonchev–Trinajstić information content (AvgIpc) is 3.22. The van der Waals surface area contributed by atoms with Crippen molar-refractivity contribution in [2.75, 3.05) is 13.4 Å². The molecule has 3 fully saturated rings. The summed E-state index contributed by atoms with van der Waals surface area (Å²) in [7, 11) is -7.63. The first kappa shape index (κ1) is 24.4. The maximum Gasteiger partial charge on any atom is 0.482 e. The number of methoxy groups -OCH3 is 1. The van der Waals surface area contributed by atoms with E-state index in [0.717, 1.165) is 18.5 Å². The third kappa shape index (κ3) is 3.23. The monoisotopic (exact) mass is 522 g/mol. The van der Waals surface area contributed by atoms with Crippen molar-refractivity contribution in [3.63, 3.8) is 0 Å². The van der Waals surface area contributed by atoms with Gasteiger partial charge in [0.05, 0.1) is 7.11 Å². The first-order valence-corrected chi connectivity index (χ1v) is 12.7. The van der Waals surface area contributed by atoms with Gasteiger partial charge in [-0.25, -0.2) is 36.3 Å². The molecule has 2 bridgehead atoms. The number of hydrogen-bond acceptors (Lipinski definition) is 10. The predicted octanol–water partition coefficient (Wildman–Crippen LogP) is 1.49. The first-order chi connectivity index (χ1) is 15.7. The molecule has 1 aromatic carbocycles. The second-order valence-corrected chi connectivity index (χ2v) is 11.5. The molecule has 1 unspecified atom stereocenters. The van der Waals surface area contributed by atoms with Crippen LogP contribution in [0.25, 0.3) is 11.1 Å². The first-order valence-electron chi connectivity index (χ1n) is 9.32. The van der Waals surface area contributed by atoms with Crippen molar-refractivity contribution in [2.24, 2.45) is 0 Å². The number of hydroxylamine groups is 1. The largest absolute Gasteiger partial charge is 0.497 e. The number of pyridine rings is 1. The van der Waals surface area contributed by atoms with Gasteiger partial charge in [-0.2, -0.15) is 0 Å². The molecule has 3 aliphatic rings. The van der Waals surface area contributed by atoms with Gasteiger partial charge in [0.25, 0.3) is 17.3 Å². The molecular formula is C18H17F2N2O10PS. The van der Waals surface area contributed by atoms with Gasteiger partial charge >= 0.3 is 7.82 Å². The van der Waals surface area contributed by atoms with Gasteiger partial charge in [-0.3, -0.25) is 23.9 Å². The molecule has 0 radical (unpaired) electrons. The van der Waals surface area contributed by atoms with Crippen LogP contribution < -0.4 is 15.8 Å². The summed E-state index contributed by atoms with van der Waals surface area (Å²) in [6.45, 7) is 0.779. The Kier molecular flexibility index (Phi) is 5.51. The Labute approximate surface area is 190 Å². The second-order valence-electron chi connectivity index (χ2n) is 7.63. The van der Waals surface area contributed by atoms with E-state index in [2.05, 4.69) is 0 Å². The van der Waals surface area contributed by atoms with Crippen molar-refractivity contribution >= 4 is 23.6 Å². The smallest absolute Gasteiger partial charge is 0.482 e. The van der Waals surface area contributed by atoms with Crippen LogP contribution in [-0.2, 0) is 32.8 Å². The quantitative estimate of drug-likeness (QED) is 0.323. The van der Waals surface area contributed by atoms with Crippen molar-refractivity contribution in [1.29, 1.82) is 0 Å². The number of benzene rings is 1. The minimum absolute atomic E-state index is 0.150. The number of aromatic nitrogens is 1. The molecule has 16 heteroatoms. The standard InChI is InChI=1S/C18H17F2N2O10PS/c1-17(15(24)21-25,34(3,27)28)18-16(30-33(26,31-18)32-18)22-8-13(20)11(7-14(22)23)10-5-4-9(29-2)6-12(10)19/h4-8,16,25H,1-3H3,(H,21,24)/t16?,17-,18?,33?/m0/s1. The lowest BCUT2D eigenvalue weighted by Crippen LogP contribution is -2.69. The van der Waals surface area contributed by atoms with Gasteiger partial charge in [-0.05, 0) is 19.1 Å². The SMILES string of the molecule is COc1ccc(-c2cc(=O)n(C3OP4(=O)OC3([C@](C)(C(=O)NO)S(C)(=O)=O)O4)cc2F)c(F)c1. The highest BCUT2D eigenvalue weighted by molar-refractivity contribution is 7.93. The molecule has 1 aromatic heterocycles. The normalized spacial score (nSPS) is 27.5. The van der Waals surface area contributed by atoms with Crippen molar-refractivity contribution < 1.29 is 50.1 Å². The number of halogens is 2. The number of amides is 1. The van der Waals surface area contributed by atoms with E-state index in [-0.39, 0.29) is 11.3 Å². The van der Waals surface area contributed by atoms with E-state index >= 15 is 4.39 Å². The Morgan fingerprint density at radius 2 is 1.91 bits per heavy atom. The Morgan fingerprint density at radius 1 is 1.26 bits per heavy atom. The molecule has 0 spiro atoms. The molecule has 1 amide bonds. The molecular weight excluding hydrogens is 505 g/mol. The summed E-state index contributed by atoms with van der Waals surface area (Å²) in [5.74, 6) is -6.19. The summed E-state index contributed by atoms with van der Waals surface area (Å²) < 4.78 is 84.7. The van der Waals surface area contributed by atoms with Gasteiger partial charge in [0, 0.05) is 35.7 Å². The van der Waals surface area contributed by atoms with Crippen LogP contribution in [0.2, 0.25) is 0 Å². The van der Waals surface area contributed by atoms with E-state index < -0.39 is 63.1 Å². The zero-order valence-corrected chi connectivity index (χ0v) is 19.4. The number of ether oxygens (including phenoxy) is 1. The van der Waals surface area contributed by atoms with Crippen LogP contribution in [0, 0.1) is 11.6 Å². The molecule has 2 N–H and O–H groups in total. The second kappa shape index (κ2) is 7.66. The Morgan fingerprint density at radius 3 is 2.44 bits per heavy atom. The van der Waals surface area contributed by atoms with Crippen LogP contribution in [-0.4, -0.2) is 48.0 Å². The van der Waals surface area contributed by atoms with Crippen LogP contribution in [0.4, 0.5) is 8.78 Å². The number of carbonyl (C=O) groups is 1. The fourth-order valence-electron chi connectivity index (χ4n) is 3.75. The number of carbonyl (C=O) groups excluding carboxylic acids is 1. The summed E-state index contributed by atoms with van der Waals surface area (Å²) >= 11 is 0. The van der Waals surface area contributed by atoms with E-state index in [1.807, 2.05) is 0 Å². The van der Waals surface area contributed by atoms with E-state index in [1.54, 1.807) is 0 Å². The predicted molar refractivity (Wildman–Crippen MR) is 108 cm³/mol. The van der Waals surface area contributed by atoms with E-state index in [1.165, 1.54) is 19.2 Å². The lowest BCUT2D eigenvalue weighted by atomic mass is 9.96. The van der Waals surface area contributed by atoms with Gasteiger partial charge in [0.1, 0.15) is 17.4 Å². The van der Waals surface area contributed by atoms with Crippen molar-refractivity contribution in [3.8, 4) is 16.9 Å². The van der Waals surface area contributed by atoms with Gasteiger partial charge in [0.15, 0.2) is 9.84 Å². The van der Waals surface area contributed by atoms with Crippen molar-refractivity contribution in [2.45, 2.75) is 23.7 Å². The number of nitrogens with zero attached hydrogens (tertiary/aromatic N) is 1. The van der Waals surface area contributed by atoms with Crippen LogP contribution in [0.1, 0.15) is 13.2 Å². The Balaban J connectivity index is 1.87. The molecule has 3 aliphatic heterocycles. The highest BCUT2D eigenvalue weighted by Gasteiger charge is 2.83. The summed E-state index contributed by atoms with van der Waals surface area (Å²) in [4.78, 5) is 25.3. The minimum Gasteiger partial charge on any atom is -0.497 e. The number of fused-ring (bicyclic) bond motifs is 1. The average molecular weight is 522 g/mol. The van der Waals surface area contributed by atoms with Crippen LogP contribution in [0.15, 0.2) is 35.3 Å². The number of phosphoric acid groups is 1. The maximum atomic E-state index is 15.0. The number of rotatable bonds is 6. The Bertz CT molecular complexity index is 1420. The van der Waals surface area contributed by atoms with Crippen molar-refractivity contribution in [1.82, 2.24) is 10.0 Å². The number of nitrogens with one attached hydrogen (secondary N) is 1. The molecule has 2 aromatic rings. The maximum absolute atomic E-state index is 15.0. The fourth-order valence-corrected chi connectivity index (χ4v) is 6.75. The molecule has 12 nitrogen and oxygen atoms in total.